The Bertz CT molecular complexity index is 485. The zero-order chi connectivity index (χ0) is 14.9. The van der Waals surface area contributed by atoms with E-state index in [1.807, 2.05) is 24.3 Å². The summed E-state index contributed by atoms with van der Waals surface area (Å²) in [5.41, 5.74) is 0.936. The Morgan fingerprint density at radius 2 is 2.24 bits per heavy atom. The average Bonchev–Trinajstić information content (AvgIpc) is 3.31. The first-order valence-electron chi connectivity index (χ1n) is 7.86. The third-order valence-electron chi connectivity index (χ3n) is 3.64. The summed E-state index contributed by atoms with van der Waals surface area (Å²) in [6, 6.07) is 7.85. The SMILES string of the molecule is CCN(CCOc1cccc(C#CCCO)c1)CC1CC1. The molecule has 1 aromatic rings. The van der Waals surface area contributed by atoms with Crippen molar-refractivity contribution >= 4 is 0 Å². The molecule has 0 aromatic heterocycles. The lowest BCUT2D eigenvalue weighted by Gasteiger charge is -2.20. The molecule has 0 saturated heterocycles. The van der Waals surface area contributed by atoms with Gasteiger partial charge in [-0.15, -0.1) is 0 Å². The molecule has 1 N–H and O–H groups in total. The summed E-state index contributed by atoms with van der Waals surface area (Å²) in [6.45, 7) is 6.32. The zero-order valence-electron chi connectivity index (χ0n) is 12.8. The van der Waals surface area contributed by atoms with Gasteiger partial charge in [0.1, 0.15) is 12.4 Å². The van der Waals surface area contributed by atoms with Crippen molar-refractivity contribution < 1.29 is 9.84 Å². The molecule has 0 radical (unpaired) electrons. The first kappa shape index (κ1) is 15.9. The van der Waals surface area contributed by atoms with Gasteiger partial charge in [0.2, 0.25) is 0 Å². The van der Waals surface area contributed by atoms with Gasteiger partial charge in [0, 0.05) is 25.1 Å². The second kappa shape index (κ2) is 8.71. The minimum atomic E-state index is 0.108. The van der Waals surface area contributed by atoms with Crippen LogP contribution >= 0.6 is 0 Å². The highest BCUT2D eigenvalue weighted by Crippen LogP contribution is 2.29. The van der Waals surface area contributed by atoms with Crippen molar-refractivity contribution in [2.24, 2.45) is 5.92 Å². The molecule has 1 fully saturated rings. The van der Waals surface area contributed by atoms with Crippen molar-refractivity contribution in [3.05, 3.63) is 29.8 Å². The van der Waals surface area contributed by atoms with E-state index >= 15 is 0 Å². The highest BCUT2D eigenvalue weighted by molar-refractivity contribution is 5.39. The molecule has 0 aliphatic heterocycles. The van der Waals surface area contributed by atoms with Crippen molar-refractivity contribution in [3.8, 4) is 17.6 Å². The number of likely N-dealkylation sites (N-methyl/N-ethyl adjacent to an activating group) is 1. The van der Waals surface area contributed by atoms with Crippen LogP contribution in [0.5, 0.6) is 5.75 Å². The second-order valence-corrected chi connectivity index (χ2v) is 5.49. The average molecular weight is 287 g/mol. The van der Waals surface area contributed by atoms with E-state index in [2.05, 4.69) is 23.7 Å². The Labute approximate surface area is 127 Å². The van der Waals surface area contributed by atoms with E-state index in [1.165, 1.54) is 19.4 Å². The maximum absolute atomic E-state index is 8.73. The zero-order valence-corrected chi connectivity index (χ0v) is 12.8. The van der Waals surface area contributed by atoms with E-state index in [-0.39, 0.29) is 6.61 Å². The van der Waals surface area contributed by atoms with Gasteiger partial charge in [-0.2, -0.15) is 0 Å². The monoisotopic (exact) mass is 287 g/mol. The number of hydrogen-bond donors (Lipinski definition) is 1. The van der Waals surface area contributed by atoms with E-state index in [0.717, 1.165) is 30.3 Å². The van der Waals surface area contributed by atoms with E-state index in [1.54, 1.807) is 0 Å². The fourth-order valence-corrected chi connectivity index (χ4v) is 2.22. The second-order valence-electron chi connectivity index (χ2n) is 5.49. The van der Waals surface area contributed by atoms with Crippen LogP contribution in [-0.4, -0.2) is 42.9 Å². The van der Waals surface area contributed by atoms with Gasteiger partial charge in [0.25, 0.3) is 0 Å². The van der Waals surface area contributed by atoms with Crippen molar-refractivity contribution in [2.75, 3.05) is 32.8 Å². The molecule has 3 nitrogen and oxygen atoms in total. The van der Waals surface area contributed by atoms with Crippen LogP contribution in [0.25, 0.3) is 0 Å². The van der Waals surface area contributed by atoms with Crippen molar-refractivity contribution in [1.29, 1.82) is 0 Å². The molecule has 0 bridgehead atoms. The maximum atomic E-state index is 8.73. The van der Waals surface area contributed by atoms with Crippen LogP contribution in [-0.2, 0) is 0 Å². The number of benzene rings is 1. The Kier molecular flexibility index (Phi) is 6.59. The fraction of sp³-hybridized carbons (Fsp3) is 0.556. The highest BCUT2D eigenvalue weighted by atomic mass is 16.5. The fourth-order valence-electron chi connectivity index (χ4n) is 2.22. The highest BCUT2D eigenvalue weighted by Gasteiger charge is 2.23. The molecule has 1 aliphatic carbocycles. The summed E-state index contributed by atoms with van der Waals surface area (Å²) in [5, 5.41) is 8.73. The van der Waals surface area contributed by atoms with Crippen LogP contribution in [0.4, 0.5) is 0 Å². The molecule has 3 heteroatoms. The first-order chi connectivity index (χ1) is 10.3. The van der Waals surface area contributed by atoms with Crippen LogP contribution in [0.2, 0.25) is 0 Å². The van der Waals surface area contributed by atoms with Crippen LogP contribution in [0.1, 0.15) is 31.7 Å². The van der Waals surface area contributed by atoms with Crippen LogP contribution in [0.15, 0.2) is 24.3 Å². The molecule has 0 amide bonds. The van der Waals surface area contributed by atoms with Crippen LogP contribution in [0.3, 0.4) is 0 Å². The molecule has 21 heavy (non-hydrogen) atoms. The first-order valence-corrected chi connectivity index (χ1v) is 7.86. The molecule has 1 saturated carbocycles. The quantitative estimate of drug-likeness (QED) is 0.746. The summed E-state index contributed by atoms with van der Waals surface area (Å²) >= 11 is 0. The van der Waals surface area contributed by atoms with E-state index in [0.29, 0.717) is 13.0 Å². The summed E-state index contributed by atoms with van der Waals surface area (Å²) in [4.78, 5) is 2.46. The molecule has 0 atom stereocenters. The van der Waals surface area contributed by atoms with Gasteiger partial charge in [-0.05, 0) is 43.5 Å². The smallest absolute Gasteiger partial charge is 0.120 e. The van der Waals surface area contributed by atoms with Gasteiger partial charge in [-0.1, -0.05) is 24.8 Å². The van der Waals surface area contributed by atoms with Gasteiger partial charge >= 0.3 is 0 Å². The third kappa shape index (κ3) is 6.20. The lowest BCUT2D eigenvalue weighted by atomic mass is 10.2. The van der Waals surface area contributed by atoms with E-state index in [9.17, 15) is 0 Å². The number of aliphatic hydroxyl groups excluding tert-OH is 1. The van der Waals surface area contributed by atoms with Gasteiger partial charge in [-0.25, -0.2) is 0 Å². The Hall–Kier alpha value is -1.50. The van der Waals surface area contributed by atoms with Crippen molar-refractivity contribution in [1.82, 2.24) is 4.90 Å². The number of ether oxygens (including phenoxy) is 1. The lowest BCUT2D eigenvalue weighted by Crippen LogP contribution is -2.30. The molecule has 0 unspecified atom stereocenters. The maximum Gasteiger partial charge on any atom is 0.120 e. The Balaban J connectivity index is 1.76. The van der Waals surface area contributed by atoms with Crippen LogP contribution < -0.4 is 4.74 Å². The molecule has 0 heterocycles. The molecule has 2 rings (SSSR count). The van der Waals surface area contributed by atoms with Gasteiger partial charge in [-0.3, -0.25) is 4.90 Å². The predicted octanol–water partition coefficient (Wildman–Crippen LogP) is 2.53. The Morgan fingerprint density at radius 3 is 2.95 bits per heavy atom. The molecule has 1 aliphatic rings. The van der Waals surface area contributed by atoms with Crippen LogP contribution in [0, 0.1) is 17.8 Å². The van der Waals surface area contributed by atoms with Crippen molar-refractivity contribution in [3.63, 3.8) is 0 Å². The summed E-state index contributed by atoms with van der Waals surface area (Å²) in [5.74, 6) is 7.75. The minimum Gasteiger partial charge on any atom is -0.492 e. The number of rotatable bonds is 8. The van der Waals surface area contributed by atoms with Gasteiger partial charge in [0.15, 0.2) is 0 Å². The molecule has 0 spiro atoms. The molecule has 1 aromatic carbocycles. The van der Waals surface area contributed by atoms with Crippen molar-refractivity contribution in [2.45, 2.75) is 26.2 Å². The minimum absolute atomic E-state index is 0.108. The number of nitrogens with zero attached hydrogens (tertiary/aromatic N) is 1. The van der Waals surface area contributed by atoms with Gasteiger partial charge < -0.3 is 9.84 Å². The number of hydrogen-bond acceptors (Lipinski definition) is 3. The summed E-state index contributed by atoms with van der Waals surface area (Å²) < 4.78 is 5.83. The Morgan fingerprint density at radius 1 is 1.38 bits per heavy atom. The topological polar surface area (TPSA) is 32.7 Å². The normalized spacial score (nSPS) is 13.9. The molecular weight excluding hydrogens is 262 g/mol. The van der Waals surface area contributed by atoms with Gasteiger partial charge in [0.05, 0.1) is 6.61 Å². The lowest BCUT2D eigenvalue weighted by molar-refractivity contribution is 0.210. The number of aliphatic hydroxyl groups is 1. The summed E-state index contributed by atoms with van der Waals surface area (Å²) in [6.07, 6.45) is 3.30. The predicted molar refractivity (Wildman–Crippen MR) is 85.4 cm³/mol. The van der Waals surface area contributed by atoms with E-state index in [4.69, 9.17) is 9.84 Å². The van der Waals surface area contributed by atoms with E-state index < -0.39 is 0 Å². The standard InChI is InChI=1S/C18H25NO2/c1-2-19(15-17-9-10-17)11-13-21-18-8-5-7-16(14-18)6-3-4-12-20/h5,7-8,14,17,20H,2,4,9-13,15H2,1H3. The third-order valence-corrected chi connectivity index (χ3v) is 3.64. The summed E-state index contributed by atoms with van der Waals surface area (Å²) in [7, 11) is 0. The molecular formula is C18H25NO2. The largest absolute Gasteiger partial charge is 0.492 e. The molecule has 114 valence electrons.